The zero-order valence-corrected chi connectivity index (χ0v) is 12.0. The fourth-order valence-electron chi connectivity index (χ4n) is 2.66. The highest BCUT2D eigenvalue weighted by molar-refractivity contribution is 5.94. The molecule has 0 fully saturated rings. The number of hydrogen-bond donors (Lipinski definition) is 2. The first-order chi connectivity index (χ1) is 10.1. The van der Waals surface area contributed by atoms with Gasteiger partial charge in [0.05, 0.1) is 5.57 Å². The van der Waals surface area contributed by atoms with Gasteiger partial charge in [0.15, 0.2) is 6.23 Å². The zero-order valence-electron chi connectivity index (χ0n) is 12.0. The first-order valence-electron chi connectivity index (χ1n) is 7.05. The summed E-state index contributed by atoms with van der Waals surface area (Å²) in [7, 11) is 1.87. The van der Waals surface area contributed by atoms with E-state index in [-0.39, 0.29) is 6.23 Å². The number of hydrogen-bond acceptors (Lipinski definition) is 4. The predicted octanol–water partition coefficient (Wildman–Crippen LogP) is 0.908. The molecule has 1 aromatic rings. The lowest BCUT2D eigenvalue weighted by Gasteiger charge is -2.30. The van der Waals surface area contributed by atoms with Crippen molar-refractivity contribution < 1.29 is 9.53 Å². The Hall–Kier alpha value is -2.27. The van der Waals surface area contributed by atoms with Crippen LogP contribution in [0.3, 0.4) is 0 Å². The van der Waals surface area contributed by atoms with E-state index in [1.54, 1.807) is 12.3 Å². The number of carbonyl (C=O) groups is 1. The molecule has 2 aliphatic rings. The van der Waals surface area contributed by atoms with E-state index in [1.165, 1.54) is 11.1 Å². The van der Waals surface area contributed by atoms with Crippen LogP contribution >= 0.6 is 0 Å². The summed E-state index contributed by atoms with van der Waals surface area (Å²) in [5.41, 5.74) is 8.32. The normalized spacial score (nSPS) is 20.7. The Labute approximate surface area is 124 Å². The van der Waals surface area contributed by atoms with Crippen LogP contribution in [0.5, 0.6) is 5.75 Å². The molecular weight excluding hydrogens is 266 g/mol. The van der Waals surface area contributed by atoms with Gasteiger partial charge in [0.2, 0.25) is 5.91 Å². The molecule has 5 nitrogen and oxygen atoms in total. The molecule has 0 aromatic heterocycles. The van der Waals surface area contributed by atoms with Crippen LogP contribution in [0.25, 0.3) is 0 Å². The lowest BCUT2D eigenvalue weighted by atomic mass is 10.00. The fourth-order valence-corrected chi connectivity index (χ4v) is 2.66. The smallest absolute Gasteiger partial charge is 0.250 e. The molecule has 1 unspecified atom stereocenters. The van der Waals surface area contributed by atoms with Crippen LogP contribution < -0.4 is 15.8 Å². The molecule has 1 amide bonds. The van der Waals surface area contributed by atoms with Crippen molar-refractivity contribution in [2.75, 3.05) is 13.6 Å². The van der Waals surface area contributed by atoms with E-state index < -0.39 is 5.91 Å². The second-order valence-electron chi connectivity index (χ2n) is 5.30. The number of benzene rings is 1. The molecule has 0 radical (unpaired) electrons. The third-order valence-corrected chi connectivity index (χ3v) is 3.81. The topological polar surface area (TPSA) is 67.6 Å². The van der Waals surface area contributed by atoms with Gasteiger partial charge in [-0.3, -0.25) is 4.79 Å². The van der Waals surface area contributed by atoms with Gasteiger partial charge in [0.1, 0.15) is 5.75 Å². The summed E-state index contributed by atoms with van der Waals surface area (Å²) < 4.78 is 6.11. The largest absolute Gasteiger partial charge is 0.467 e. The highest BCUT2D eigenvalue weighted by Gasteiger charge is 2.20. The van der Waals surface area contributed by atoms with Gasteiger partial charge in [-0.15, -0.1) is 0 Å². The second-order valence-corrected chi connectivity index (χ2v) is 5.30. The van der Waals surface area contributed by atoms with Crippen molar-refractivity contribution in [3.05, 3.63) is 53.3 Å². The Bertz CT molecular complexity index is 622. The molecule has 2 aliphatic heterocycles. The van der Waals surface area contributed by atoms with E-state index in [1.807, 2.05) is 30.2 Å². The quantitative estimate of drug-likeness (QED) is 0.866. The van der Waals surface area contributed by atoms with Gasteiger partial charge in [0.25, 0.3) is 0 Å². The SMILES string of the molecule is CN1C=C(C(N)=O)C=CC1Oc1cccc2c1CCNC2. The molecule has 5 heteroatoms. The first kappa shape index (κ1) is 13.7. The monoisotopic (exact) mass is 285 g/mol. The van der Waals surface area contributed by atoms with Crippen LogP contribution in [0.4, 0.5) is 0 Å². The minimum Gasteiger partial charge on any atom is -0.467 e. The number of nitrogens with zero attached hydrogens (tertiary/aromatic N) is 1. The molecule has 0 bridgehead atoms. The minimum absolute atomic E-state index is 0.227. The van der Waals surface area contributed by atoms with Crippen LogP contribution in [0.1, 0.15) is 11.1 Å². The van der Waals surface area contributed by atoms with E-state index >= 15 is 0 Å². The van der Waals surface area contributed by atoms with Crippen molar-refractivity contribution in [3.63, 3.8) is 0 Å². The maximum Gasteiger partial charge on any atom is 0.250 e. The van der Waals surface area contributed by atoms with Crippen molar-refractivity contribution in [2.45, 2.75) is 19.2 Å². The Balaban J connectivity index is 1.80. The number of primary amides is 1. The van der Waals surface area contributed by atoms with Crippen LogP contribution in [0, 0.1) is 0 Å². The molecule has 21 heavy (non-hydrogen) atoms. The summed E-state index contributed by atoms with van der Waals surface area (Å²) in [5, 5.41) is 3.36. The number of amides is 1. The van der Waals surface area contributed by atoms with Crippen molar-refractivity contribution in [1.29, 1.82) is 0 Å². The molecule has 2 heterocycles. The highest BCUT2D eigenvalue weighted by Crippen LogP contribution is 2.27. The van der Waals surface area contributed by atoms with Crippen molar-refractivity contribution in [1.82, 2.24) is 10.2 Å². The van der Waals surface area contributed by atoms with E-state index in [2.05, 4.69) is 11.4 Å². The number of ether oxygens (including phenoxy) is 1. The Kier molecular flexibility index (Phi) is 3.66. The van der Waals surface area contributed by atoms with E-state index in [0.717, 1.165) is 25.3 Å². The molecule has 1 aromatic carbocycles. The fraction of sp³-hybridized carbons (Fsp3) is 0.312. The maximum atomic E-state index is 11.2. The summed E-state index contributed by atoms with van der Waals surface area (Å²) in [6, 6.07) is 6.14. The molecular formula is C16H19N3O2. The minimum atomic E-state index is -0.431. The average molecular weight is 285 g/mol. The number of likely N-dealkylation sites (N-methyl/N-ethyl adjacent to an activating group) is 1. The lowest BCUT2D eigenvalue weighted by molar-refractivity contribution is -0.114. The predicted molar refractivity (Wildman–Crippen MR) is 80.4 cm³/mol. The van der Waals surface area contributed by atoms with Crippen molar-refractivity contribution >= 4 is 5.91 Å². The summed E-state index contributed by atoms with van der Waals surface area (Å²) >= 11 is 0. The molecule has 0 aliphatic carbocycles. The Morgan fingerprint density at radius 3 is 3.10 bits per heavy atom. The molecule has 0 spiro atoms. The van der Waals surface area contributed by atoms with E-state index in [4.69, 9.17) is 10.5 Å². The standard InChI is InChI=1S/C16H19N3O2/c1-19-10-12(16(17)20)5-6-15(19)21-14-4-2-3-11-9-18-8-7-13(11)14/h2-6,10,15,18H,7-9H2,1H3,(H2,17,20). The van der Waals surface area contributed by atoms with Gasteiger partial charge in [-0.25, -0.2) is 0 Å². The van der Waals surface area contributed by atoms with Crippen LogP contribution in [-0.4, -0.2) is 30.6 Å². The number of nitrogens with one attached hydrogen (secondary N) is 1. The van der Waals surface area contributed by atoms with Gasteiger partial charge in [0, 0.05) is 19.8 Å². The van der Waals surface area contributed by atoms with Crippen LogP contribution in [0.2, 0.25) is 0 Å². The number of nitrogens with two attached hydrogens (primary N) is 1. The molecule has 0 saturated heterocycles. The van der Waals surface area contributed by atoms with Gasteiger partial charge in [-0.1, -0.05) is 12.1 Å². The summed E-state index contributed by atoms with van der Waals surface area (Å²) in [6.07, 6.45) is 6.01. The lowest BCUT2D eigenvalue weighted by Crippen LogP contribution is -2.35. The van der Waals surface area contributed by atoms with Crippen LogP contribution in [0.15, 0.2) is 42.1 Å². The van der Waals surface area contributed by atoms with Crippen molar-refractivity contribution in [2.24, 2.45) is 5.73 Å². The molecule has 0 saturated carbocycles. The summed E-state index contributed by atoms with van der Waals surface area (Å²) in [4.78, 5) is 13.0. The second kappa shape index (κ2) is 5.61. The van der Waals surface area contributed by atoms with Gasteiger partial charge in [-0.05, 0) is 42.3 Å². The highest BCUT2D eigenvalue weighted by atomic mass is 16.5. The van der Waals surface area contributed by atoms with Crippen LogP contribution in [-0.2, 0) is 17.8 Å². The molecule has 110 valence electrons. The van der Waals surface area contributed by atoms with Gasteiger partial charge >= 0.3 is 0 Å². The summed E-state index contributed by atoms with van der Waals surface area (Å²) in [6.45, 7) is 1.85. The number of carbonyl (C=O) groups excluding carboxylic acids is 1. The first-order valence-corrected chi connectivity index (χ1v) is 7.05. The number of rotatable bonds is 3. The number of fused-ring (bicyclic) bond motifs is 1. The Morgan fingerprint density at radius 1 is 1.48 bits per heavy atom. The van der Waals surface area contributed by atoms with Gasteiger partial charge < -0.3 is 20.7 Å². The zero-order chi connectivity index (χ0) is 14.8. The summed E-state index contributed by atoms with van der Waals surface area (Å²) in [5.74, 6) is 0.478. The third-order valence-electron chi connectivity index (χ3n) is 3.81. The van der Waals surface area contributed by atoms with E-state index in [0.29, 0.717) is 5.57 Å². The average Bonchev–Trinajstić information content (AvgIpc) is 2.49. The molecule has 1 atom stereocenters. The maximum absolute atomic E-state index is 11.2. The Morgan fingerprint density at radius 2 is 2.33 bits per heavy atom. The third kappa shape index (κ3) is 2.78. The molecule has 3 rings (SSSR count). The van der Waals surface area contributed by atoms with Crippen molar-refractivity contribution in [3.8, 4) is 5.75 Å². The van der Waals surface area contributed by atoms with E-state index in [9.17, 15) is 4.79 Å². The van der Waals surface area contributed by atoms with Gasteiger partial charge in [-0.2, -0.15) is 0 Å². The molecule has 3 N–H and O–H groups in total.